The summed E-state index contributed by atoms with van der Waals surface area (Å²) in [4.78, 5) is 22.8. The molecule has 1 saturated carbocycles. The molecular formula is C27H38Br2ClNO6S. The quantitative estimate of drug-likeness (QED) is 0.127. The molecule has 2 aliphatic rings. The summed E-state index contributed by atoms with van der Waals surface area (Å²) in [5.41, 5.74) is 0.761. The molecule has 1 aliphatic heterocycles. The minimum Gasteiger partial charge on any atom is -1.00 e. The molecular weight excluding hydrogens is 662 g/mol. The van der Waals surface area contributed by atoms with Gasteiger partial charge < -0.3 is 36.3 Å². The number of allylic oxidation sites excluding steroid dienone is 1. The van der Waals surface area contributed by atoms with Crippen molar-refractivity contribution in [3.8, 4) is 0 Å². The van der Waals surface area contributed by atoms with Gasteiger partial charge in [-0.1, -0.05) is 39.7 Å². The molecule has 2 amide bonds. The second-order valence-electron chi connectivity index (χ2n) is 10.3. The molecule has 0 spiro atoms. The third-order valence-corrected chi connectivity index (χ3v) is 10.2. The van der Waals surface area contributed by atoms with E-state index in [-0.39, 0.29) is 29.0 Å². The van der Waals surface area contributed by atoms with Gasteiger partial charge in [0.1, 0.15) is 34.9 Å². The number of epoxide rings is 1. The van der Waals surface area contributed by atoms with E-state index in [9.17, 15) is 14.7 Å². The Morgan fingerprint density at radius 1 is 1.34 bits per heavy atom. The van der Waals surface area contributed by atoms with E-state index in [1.165, 1.54) is 11.1 Å². The molecule has 0 bridgehead atoms. The lowest BCUT2D eigenvalue weighted by Gasteiger charge is -2.52. The maximum Gasteiger partial charge on any atom is 0.414 e. The largest absolute Gasteiger partial charge is 1.00 e. The van der Waals surface area contributed by atoms with Crippen molar-refractivity contribution in [1.82, 2.24) is 5.32 Å². The van der Waals surface area contributed by atoms with Crippen LogP contribution in [0, 0.1) is 5.41 Å². The van der Waals surface area contributed by atoms with Crippen LogP contribution in [0.4, 0.5) is 4.79 Å². The lowest BCUT2D eigenvalue weighted by Crippen LogP contribution is -3.00. The summed E-state index contributed by atoms with van der Waals surface area (Å²) in [6.45, 7) is 8.08. The van der Waals surface area contributed by atoms with E-state index in [0.717, 1.165) is 28.4 Å². The number of methoxy groups -OCH3 is 1. The van der Waals surface area contributed by atoms with E-state index in [0.29, 0.717) is 19.3 Å². The van der Waals surface area contributed by atoms with Crippen LogP contribution in [0.5, 0.6) is 0 Å². The number of thiol groups is 1. The van der Waals surface area contributed by atoms with Crippen LogP contribution in [0.15, 0.2) is 40.4 Å². The fourth-order valence-electron chi connectivity index (χ4n) is 5.50. The van der Waals surface area contributed by atoms with Crippen LogP contribution in [0.3, 0.4) is 0 Å². The van der Waals surface area contributed by atoms with Crippen molar-refractivity contribution in [2.75, 3.05) is 18.7 Å². The van der Waals surface area contributed by atoms with Crippen molar-refractivity contribution in [1.29, 1.82) is 0 Å². The predicted octanol–water partition coefficient (Wildman–Crippen LogP) is 1.69. The molecule has 3 rings (SSSR count). The molecule has 2 N–H and O–H groups in total. The van der Waals surface area contributed by atoms with Crippen LogP contribution in [-0.4, -0.2) is 64.7 Å². The SMILES string of the molecule is COC1C(OC(=O)NC(=O)CCl)CCC(O)([SH+]CCc2cccc(Br)c2)C1(C)C1(C)OC1CC=C(C)C.[Br-]. The van der Waals surface area contributed by atoms with E-state index < -0.39 is 40.2 Å². The lowest BCUT2D eigenvalue weighted by molar-refractivity contribution is -0.197. The van der Waals surface area contributed by atoms with Gasteiger partial charge in [-0.25, -0.2) is 4.79 Å². The second kappa shape index (κ2) is 13.8. The highest BCUT2D eigenvalue weighted by Gasteiger charge is 2.78. The minimum atomic E-state index is -1.16. The molecule has 6 atom stereocenters. The van der Waals surface area contributed by atoms with Gasteiger partial charge >= 0.3 is 6.09 Å². The van der Waals surface area contributed by atoms with Crippen molar-refractivity contribution >= 4 is 51.3 Å². The van der Waals surface area contributed by atoms with Crippen LogP contribution < -0.4 is 22.3 Å². The van der Waals surface area contributed by atoms with Crippen molar-refractivity contribution in [2.24, 2.45) is 5.41 Å². The maximum absolute atomic E-state index is 12.4. The molecule has 7 nitrogen and oxygen atoms in total. The number of nitrogens with one attached hydrogen (secondary N) is 1. The molecule has 6 unspecified atom stereocenters. The molecule has 214 valence electrons. The summed E-state index contributed by atoms with van der Waals surface area (Å²) in [5.74, 6) is -0.245. The first-order valence-corrected chi connectivity index (χ1v) is 14.9. The standard InChI is InChI=1S/C27H37BrClNO6S.BrH/c1-17(2)9-10-21-26(4,36-21)25(3)23(34-5)20(35-24(32)30-22(31)16-29)11-13-27(25,33)37-14-12-18-7-6-8-19(28)15-18;/h6-9,15,20-21,23,33H,10-14,16H2,1-5H3,(H,30,31,32);1H. The Kier molecular flexibility index (Phi) is 12.2. The number of carbonyl (C=O) groups excluding carboxylic acids is 2. The molecule has 0 radical (unpaired) electrons. The first-order chi connectivity index (χ1) is 17.4. The fraction of sp³-hybridized carbons (Fsp3) is 0.630. The monoisotopic (exact) mass is 697 g/mol. The van der Waals surface area contributed by atoms with Crippen LogP contribution in [0.1, 0.15) is 52.5 Å². The Morgan fingerprint density at radius 2 is 2.05 bits per heavy atom. The van der Waals surface area contributed by atoms with E-state index >= 15 is 0 Å². The average molecular weight is 700 g/mol. The van der Waals surface area contributed by atoms with Gasteiger partial charge in [0.15, 0.2) is 0 Å². The van der Waals surface area contributed by atoms with E-state index in [1.54, 1.807) is 7.11 Å². The number of carbonyl (C=O) groups is 2. The number of halogens is 3. The third kappa shape index (κ3) is 7.17. The number of alkyl carbamates (subject to hydrolysis) is 1. The smallest absolute Gasteiger partial charge is 0.414 e. The van der Waals surface area contributed by atoms with E-state index in [1.807, 2.05) is 39.8 Å². The van der Waals surface area contributed by atoms with Crippen LogP contribution in [0.2, 0.25) is 0 Å². The number of benzene rings is 1. The van der Waals surface area contributed by atoms with Gasteiger partial charge in [-0.05, 0) is 58.2 Å². The van der Waals surface area contributed by atoms with Gasteiger partial charge in [-0.2, -0.15) is 0 Å². The molecule has 1 aliphatic carbocycles. The minimum absolute atomic E-state index is 0. The molecule has 1 aromatic carbocycles. The van der Waals surface area contributed by atoms with Crippen molar-refractivity contribution < 1.29 is 45.9 Å². The molecule has 1 aromatic rings. The summed E-state index contributed by atoms with van der Waals surface area (Å²) in [6.07, 6.45) is 2.10. The predicted molar refractivity (Wildman–Crippen MR) is 151 cm³/mol. The molecule has 2 fully saturated rings. The molecule has 1 heterocycles. The number of imide groups is 1. The van der Waals surface area contributed by atoms with Gasteiger partial charge in [0.2, 0.25) is 10.8 Å². The summed E-state index contributed by atoms with van der Waals surface area (Å²) in [6, 6.07) is 8.16. The van der Waals surface area contributed by atoms with E-state index in [2.05, 4.69) is 39.5 Å². The number of aliphatic hydroxyl groups is 1. The highest BCUT2D eigenvalue weighted by molar-refractivity contribution is 9.10. The number of hydrogen-bond donors (Lipinski definition) is 2. The zero-order chi connectivity index (χ0) is 27.4. The summed E-state index contributed by atoms with van der Waals surface area (Å²) in [7, 11) is 1.56. The maximum atomic E-state index is 12.4. The van der Waals surface area contributed by atoms with Gasteiger partial charge in [-0.3, -0.25) is 10.1 Å². The van der Waals surface area contributed by atoms with Crippen LogP contribution in [-0.2, 0) is 37.2 Å². The fourth-order valence-corrected chi connectivity index (χ4v) is 7.71. The molecule has 11 heteroatoms. The van der Waals surface area contributed by atoms with Crippen LogP contribution in [0.25, 0.3) is 0 Å². The Bertz CT molecular complexity index is 1030. The van der Waals surface area contributed by atoms with Crippen LogP contribution >= 0.6 is 27.5 Å². The number of hydrogen-bond acceptors (Lipinski definition) is 6. The topological polar surface area (TPSA) is 97.4 Å². The summed E-state index contributed by atoms with van der Waals surface area (Å²) >= 11 is 9.89. The average Bonchev–Trinajstić information content (AvgIpc) is 3.52. The molecule has 0 aromatic heterocycles. The van der Waals surface area contributed by atoms with E-state index in [4.69, 9.17) is 25.8 Å². The normalized spacial score (nSPS) is 32.1. The number of amides is 2. The van der Waals surface area contributed by atoms with Gasteiger partial charge in [-0.15, -0.1) is 11.6 Å². The zero-order valence-electron chi connectivity index (χ0n) is 22.4. The lowest BCUT2D eigenvalue weighted by atomic mass is 9.61. The Hall–Kier alpha value is -0.620. The summed E-state index contributed by atoms with van der Waals surface area (Å²) < 4.78 is 19.0. The molecule has 38 heavy (non-hydrogen) atoms. The summed E-state index contributed by atoms with van der Waals surface area (Å²) in [5, 5.41) is 14.4. The molecule has 1 saturated heterocycles. The number of ether oxygens (including phenoxy) is 3. The number of rotatable bonds is 10. The van der Waals surface area contributed by atoms with Crippen molar-refractivity contribution in [2.45, 2.75) is 82.2 Å². The number of alkyl halides is 1. The third-order valence-electron chi connectivity index (χ3n) is 7.77. The van der Waals surface area contributed by atoms with Crippen molar-refractivity contribution in [3.05, 3.63) is 46.0 Å². The second-order valence-corrected chi connectivity index (χ2v) is 13.0. The van der Waals surface area contributed by atoms with Gasteiger partial charge in [0.05, 0.1) is 6.10 Å². The Labute approximate surface area is 253 Å². The first kappa shape index (κ1) is 33.6. The Morgan fingerprint density at radius 3 is 2.66 bits per heavy atom. The highest BCUT2D eigenvalue weighted by Crippen LogP contribution is 2.63. The highest BCUT2D eigenvalue weighted by atomic mass is 79.9. The van der Waals surface area contributed by atoms with Gasteiger partial charge in [0.25, 0.3) is 0 Å². The Balaban J connectivity index is 0.00000507. The first-order valence-electron chi connectivity index (χ1n) is 12.5. The van der Waals surface area contributed by atoms with Gasteiger partial charge in [0, 0.05) is 36.2 Å². The zero-order valence-corrected chi connectivity index (χ0v) is 27.3. The number of aryl methyl sites for hydroxylation is 1. The van der Waals surface area contributed by atoms with Crippen molar-refractivity contribution in [3.63, 3.8) is 0 Å².